The van der Waals surface area contributed by atoms with Crippen molar-refractivity contribution in [2.75, 3.05) is 16.0 Å². The van der Waals surface area contributed by atoms with Crippen LogP contribution < -0.4 is 16.0 Å². The van der Waals surface area contributed by atoms with Crippen molar-refractivity contribution in [2.45, 2.75) is 20.8 Å². The van der Waals surface area contributed by atoms with E-state index in [1.54, 1.807) is 70.1 Å². The zero-order chi connectivity index (χ0) is 37.2. The smallest absolute Gasteiger partial charge is 0.260 e. The number of anilines is 3. The summed E-state index contributed by atoms with van der Waals surface area (Å²) in [5.41, 5.74) is 5.46. The molecule has 3 aromatic carbocycles. The van der Waals surface area contributed by atoms with Crippen molar-refractivity contribution in [3.63, 3.8) is 0 Å². The topological polar surface area (TPSA) is 141 Å². The second-order valence-corrected chi connectivity index (χ2v) is 12.3. The Morgan fingerprint density at radius 3 is 1.37 bits per heavy atom. The van der Waals surface area contributed by atoms with Gasteiger partial charge in [-0.25, -0.2) is 0 Å². The Morgan fingerprint density at radius 2 is 0.980 bits per heavy atom. The molecule has 0 aliphatic heterocycles. The minimum absolute atomic E-state index is 0.128. The maximum absolute atomic E-state index is 12.1. The summed E-state index contributed by atoms with van der Waals surface area (Å²) in [6.45, 7) is 5.31. The van der Waals surface area contributed by atoms with Gasteiger partial charge in [-0.05, 0) is 63.2 Å². The molecule has 3 amide bonds. The molecule has 0 spiro atoms. The van der Waals surface area contributed by atoms with Crippen LogP contribution in [-0.4, -0.2) is 47.1 Å². The number of amides is 3. The molecule has 3 N–H and O–H groups in total. The van der Waals surface area contributed by atoms with E-state index in [9.17, 15) is 14.4 Å². The van der Waals surface area contributed by atoms with E-state index in [1.165, 1.54) is 9.36 Å². The van der Waals surface area contributed by atoms with Gasteiger partial charge in [0, 0.05) is 49.4 Å². The van der Waals surface area contributed by atoms with Gasteiger partial charge in [0.1, 0.15) is 10.3 Å². The zero-order valence-electron chi connectivity index (χ0n) is 28.7. The molecular weight excluding hydrogens is 713 g/mol. The van der Waals surface area contributed by atoms with Crippen molar-refractivity contribution in [2.24, 2.45) is 21.1 Å². The van der Waals surface area contributed by atoms with Gasteiger partial charge in [0.05, 0.1) is 33.8 Å². The van der Waals surface area contributed by atoms with E-state index >= 15 is 0 Å². The number of benzene rings is 3. The third kappa shape index (κ3) is 10.3. The number of carbonyl (C=O) groups is 3. The molecule has 0 bridgehead atoms. The minimum Gasteiger partial charge on any atom is -0.322 e. The van der Waals surface area contributed by atoms with Crippen LogP contribution in [0, 0.1) is 20.8 Å². The summed E-state index contributed by atoms with van der Waals surface area (Å²) in [5, 5.41) is 21.9. The molecule has 264 valence electrons. The van der Waals surface area contributed by atoms with Crippen LogP contribution in [-0.2, 0) is 21.1 Å². The molecule has 0 unspecified atom stereocenters. The number of aromatic nitrogens is 6. The number of hydrogen-bond acceptors (Lipinski definition) is 6. The third-order valence-corrected chi connectivity index (χ3v) is 8.26. The number of rotatable bonds is 6. The van der Waals surface area contributed by atoms with Crippen LogP contribution in [0.25, 0.3) is 0 Å². The molecule has 3 heterocycles. The van der Waals surface area contributed by atoms with Crippen LogP contribution >= 0.6 is 34.8 Å². The lowest BCUT2D eigenvalue weighted by Crippen LogP contribution is -2.13. The lowest BCUT2D eigenvalue weighted by molar-refractivity contribution is 0.101. The van der Waals surface area contributed by atoms with Gasteiger partial charge in [0.25, 0.3) is 17.7 Å². The minimum atomic E-state index is -0.298. The Bertz CT molecular complexity index is 2140. The Morgan fingerprint density at radius 1 is 0.549 bits per heavy atom. The lowest BCUT2D eigenvalue weighted by atomic mass is 10.2. The van der Waals surface area contributed by atoms with Gasteiger partial charge in [0.2, 0.25) is 0 Å². The summed E-state index contributed by atoms with van der Waals surface area (Å²) < 4.78 is 4.58. The second-order valence-electron chi connectivity index (χ2n) is 11.2. The first kappa shape index (κ1) is 38.4. The number of aryl methyl sites for hydroxylation is 6. The van der Waals surface area contributed by atoms with Gasteiger partial charge in [-0.1, -0.05) is 77.3 Å². The maximum atomic E-state index is 12.1. The average molecular weight is 749 g/mol. The Kier molecular flexibility index (Phi) is 13.2. The molecule has 0 aliphatic carbocycles. The zero-order valence-corrected chi connectivity index (χ0v) is 31.0. The summed E-state index contributed by atoms with van der Waals surface area (Å²) in [4.78, 5) is 36.0. The average Bonchev–Trinajstić information content (AvgIpc) is 3.66. The van der Waals surface area contributed by atoms with Gasteiger partial charge in [-0.2, -0.15) is 15.3 Å². The molecule has 0 atom stereocenters. The van der Waals surface area contributed by atoms with Crippen molar-refractivity contribution in [1.82, 2.24) is 29.3 Å². The first-order chi connectivity index (χ1) is 24.2. The summed E-state index contributed by atoms with van der Waals surface area (Å²) in [6.07, 6.45) is 1.72. The summed E-state index contributed by atoms with van der Waals surface area (Å²) >= 11 is 17.9. The molecule has 0 fully saturated rings. The van der Waals surface area contributed by atoms with Gasteiger partial charge in [0.15, 0.2) is 0 Å². The van der Waals surface area contributed by atoms with Crippen molar-refractivity contribution < 1.29 is 14.4 Å². The van der Waals surface area contributed by atoms with Crippen LogP contribution in [0.3, 0.4) is 0 Å². The van der Waals surface area contributed by atoms with Crippen LogP contribution in [0.5, 0.6) is 0 Å². The summed E-state index contributed by atoms with van der Waals surface area (Å²) in [6, 6.07) is 25.5. The van der Waals surface area contributed by atoms with E-state index in [-0.39, 0.29) is 17.7 Å². The van der Waals surface area contributed by atoms with Crippen LogP contribution in [0.15, 0.2) is 91.1 Å². The Labute approximate surface area is 310 Å². The highest BCUT2D eigenvalue weighted by Gasteiger charge is 2.20. The molecule has 6 rings (SSSR count). The predicted octanol–water partition coefficient (Wildman–Crippen LogP) is 7.90. The van der Waals surface area contributed by atoms with E-state index in [1.807, 2.05) is 67.6 Å². The standard InChI is InChI=1S/C12H11Cl2N3O.C12H12ClN3O.C12H13N3O/c1-7-10(11(14)17(2)16-7)12(18)15-9-5-3-4-8(13)6-9;1-8-10(11(13)16(2)15-8)12(17)14-9-6-4-3-5-7-9;1-9-11(8-15(2)14-9)12(16)13-10-6-4-3-5-7-10/h3-6H,1-2H3,(H,15,18);3-7H,1-2H3,(H,14,17);3-8H,1-2H3,(H,13,16). The lowest BCUT2D eigenvalue weighted by Gasteiger charge is -2.05. The third-order valence-electron chi connectivity index (χ3n) is 7.16. The van der Waals surface area contributed by atoms with Crippen LogP contribution in [0.4, 0.5) is 17.1 Å². The monoisotopic (exact) mass is 747 g/mol. The van der Waals surface area contributed by atoms with Crippen LogP contribution in [0.1, 0.15) is 48.2 Å². The first-order valence-electron chi connectivity index (χ1n) is 15.4. The number of halogens is 3. The van der Waals surface area contributed by atoms with Crippen molar-refractivity contribution in [1.29, 1.82) is 0 Å². The van der Waals surface area contributed by atoms with Crippen molar-refractivity contribution >= 4 is 69.6 Å². The van der Waals surface area contributed by atoms with Crippen molar-refractivity contribution in [3.8, 4) is 0 Å². The highest BCUT2D eigenvalue weighted by Crippen LogP contribution is 2.22. The van der Waals surface area contributed by atoms with E-state index in [4.69, 9.17) is 34.8 Å². The fourth-order valence-electron chi connectivity index (χ4n) is 4.79. The molecule has 0 saturated heterocycles. The molecule has 15 heteroatoms. The number of nitrogens with zero attached hydrogens (tertiary/aromatic N) is 6. The molecule has 6 aromatic rings. The highest BCUT2D eigenvalue weighted by atomic mass is 35.5. The molecule has 12 nitrogen and oxygen atoms in total. The molecule has 0 saturated carbocycles. The Balaban J connectivity index is 0.000000172. The number of nitrogens with one attached hydrogen (secondary N) is 3. The summed E-state index contributed by atoms with van der Waals surface area (Å²) in [7, 11) is 5.19. The maximum Gasteiger partial charge on any atom is 0.260 e. The normalized spacial score (nSPS) is 10.3. The van der Waals surface area contributed by atoms with E-state index in [2.05, 4.69) is 31.2 Å². The largest absolute Gasteiger partial charge is 0.322 e. The van der Waals surface area contributed by atoms with E-state index in [0.29, 0.717) is 49.1 Å². The van der Waals surface area contributed by atoms with E-state index in [0.717, 1.165) is 17.1 Å². The van der Waals surface area contributed by atoms with Gasteiger partial charge >= 0.3 is 0 Å². The fraction of sp³-hybridized carbons (Fsp3) is 0.167. The number of hydrogen-bond donors (Lipinski definition) is 3. The highest BCUT2D eigenvalue weighted by molar-refractivity contribution is 6.34. The van der Waals surface area contributed by atoms with E-state index < -0.39 is 0 Å². The molecule has 3 aromatic heterocycles. The SMILES string of the molecule is Cc1nn(C)c(Cl)c1C(=O)Nc1cccc(Cl)c1.Cc1nn(C)c(Cl)c1C(=O)Nc1ccccc1.Cc1nn(C)cc1C(=O)Nc1ccccc1. The first-order valence-corrected chi connectivity index (χ1v) is 16.6. The van der Waals surface area contributed by atoms with Gasteiger partial charge in [-0.3, -0.25) is 28.4 Å². The molecule has 0 radical (unpaired) electrons. The molecule has 51 heavy (non-hydrogen) atoms. The van der Waals surface area contributed by atoms with Crippen molar-refractivity contribution in [3.05, 3.63) is 140 Å². The molecular formula is C36H36Cl3N9O3. The predicted molar refractivity (Wildman–Crippen MR) is 202 cm³/mol. The summed E-state index contributed by atoms with van der Waals surface area (Å²) in [5.74, 6) is -0.670. The van der Waals surface area contributed by atoms with Gasteiger partial charge in [-0.15, -0.1) is 0 Å². The number of carbonyl (C=O) groups excluding carboxylic acids is 3. The Hall–Kier alpha value is -5.43. The number of para-hydroxylation sites is 2. The van der Waals surface area contributed by atoms with Crippen LogP contribution in [0.2, 0.25) is 15.3 Å². The fourth-order valence-corrected chi connectivity index (χ4v) is 5.50. The quantitative estimate of drug-likeness (QED) is 0.158. The second kappa shape index (κ2) is 17.5. The molecule has 0 aliphatic rings. The van der Waals surface area contributed by atoms with Gasteiger partial charge < -0.3 is 16.0 Å².